The minimum absolute atomic E-state index is 0.841. The molecule has 0 saturated carbocycles. The average Bonchev–Trinajstić information content (AvgIpc) is 2.74. The van der Waals surface area contributed by atoms with E-state index in [1.54, 1.807) is 0 Å². The van der Waals surface area contributed by atoms with Gasteiger partial charge in [-0.05, 0) is 76.2 Å². The molecule has 5 aromatic rings. The van der Waals surface area contributed by atoms with Crippen LogP contribution in [-0.4, -0.2) is 4.98 Å². The Morgan fingerprint density at radius 1 is 0.828 bits per heavy atom. The lowest BCUT2D eigenvalue weighted by Crippen LogP contribution is -2.01. The molecule has 138 valence electrons. The number of hydrogen-bond donors (Lipinski definition) is 0. The van der Waals surface area contributed by atoms with Gasteiger partial charge in [0.25, 0.3) is 0 Å². The number of fused-ring (bicyclic) bond motifs is 6. The van der Waals surface area contributed by atoms with E-state index >= 15 is 0 Å². The summed E-state index contributed by atoms with van der Waals surface area (Å²) in [5, 5.41) is 7.21. The van der Waals surface area contributed by atoms with Crippen molar-refractivity contribution in [3.05, 3.63) is 84.1 Å². The summed E-state index contributed by atoms with van der Waals surface area (Å²) in [6.07, 6.45) is 3.78. The number of hydrogen-bond acceptors (Lipinski definition) is 2. The summed E-state index contributed by atoms with van der Waals surface area (Å²) in [7, 11) is 0. The van der Waals surface area contributed by atoms with Crippen LogP contribution in [0.2, 0.25) is 0 Å². The second-order valence-electron chi connectivity index (χ2n) is 7.85. The highest BCUT2D eigenvalue weighted by Gasteiger charge is 2.24. The highest BCUT2D eigenvalue weighted by molar-refractivity contribution is 6.21. The zero-order valence-corrected chi connectivity index (χ0v) is 16.4. The van der Waals surface area contributed by atoms with Gasteiger partial charge >= 0.3 is 0 Å². The van der Waals surface area contributed by atoms with Crippen LogP contribution in [0.15, 0.2) is 67.4 Å². The summed E-state index contributed by atoms with van der Waals surface area (Å²) >= 11 is 0. The van der Waals surface area contributed by atoms with Gasteiger partial charge in [-0.1, -0.05) is 48.6 Å². The molecular formula is C27H19NO. The van der Waals surface area contributed by atoms with Gasteiger partial charge in [-0.3, -0.25) is 4.98 Å². The molecule has 0 radical (unpaired) electrons. The summed E-state index contributed by atoms with van der Waals surface area (Å²) in [5.41, 5.74) is 5.55. The van der Waals surface area contributed by atoms with Gasteiger partial charge in [-0.15, -0.1) is 0 Å². The normalized spacial score (nSPS) is 12.2. The molecule has 0 fully saturated rings. The zero-order valence-electron chi connectivity index (χ0n) is 16.4. The van der Waals surface area contributed by atoms with Gasteiger partial charge in [0.05, 0.1) is 11.1 Å². The van der Waals surface area contributed by atoms with Crippen LogP contribution in [0.25, 0.3) is 49.7 Å². The monoisotopic (exact) mass is 373 g/mol. The van der Waals surface area contributed by atoms with Gasteiger partial charge < -0.3 is 4.74 Å². The maximum Gasteiger partial charge on any atom is 0.138 e. The molecule has 0 aliphatic carbocycles. The van der Waals surface area contributed by atoms with E-state index < -0.39 is 0 Å². The lowest BCUT2D eigenvalue weighted by Gasteiger charge is -2.23. The predicted octanol–water partition coefficient (Wildman–Crippen LogP) is 7.57. The molecule has 6 rings (SSSR count). The second kappa shape index (κ2) is 5.68. The van der Waals surface area contributed by atoms with Gasteiger partial charge in [-0.25, -0.2) is 0 Å². The van der Waals surface area contributed by atoms with Crippen molar-refractivity contribution in [1.29, 1.82) is 0 Å². The van der Waals surface area contributed by atoms with Crippen LogP contribution < -0.4 is 4.74 Å². The third kappa shape index (κ3) is 2.20. The standard InChI is InChI=1S/C27H19NO/c1-4-17-13-24-23(12-16(17)3)27-26-20(9-10-28-27)19-8-7-18-6-5-15(2)11-21(18)22(19)14-25(26)29-24/h4-14H,1H2,2-3H3. The smallest absolute Gasteiger partial charge is 0.138 e. The Labute approximate surface area is 169 Å². The average molecular weight is 373 g/mol. The lowest BCUT2D eigenvalue weighted by atomic mass is 9.91. The van der Waals surface area contributed by atoms with Crippen molar-refractivity contribution in [2.24, 2.45) is 0 Å². The van der Waals surface area contributed by atoms with E-state index in [4.69, 9.17) is 9.72 Å². The first-order valence-corrected chi connectivity index (χ1v) is 9.84. The van der Waals surface area contributed by atoms with E-state index in [0.29, 0.717) is 0 Å². The molecule has 4 aromatic carbocycles. The Hall–Kier alpha value is -3.65. The fraction of sp³-hybridized carbons (Fsp3) is 0.0741. The van der Waals surface area contributed by atoms with E-state index in [2.05, 4.69) is 75.0 Å². The van der Waals surface area contributed by atoms with Crippen LogP contribution in [0, 0.1) is 13.8 Å². The molecule has 0 N–H and O–H groups in total. The molecule has 29 heavy (non-hydrogen) atoms. The van der Waals surface area contributed by atoms with Crippen LogP contribution in [0.4, 0.5) is 0 Å². The molecule has 0 unspecified atom stereocenters. The predicted molar refractivity (Wildman–Crippen MR) is 122 cm³/mol. The maximum absolute atomic E-state index is 6.45. The molecule has 0 spiro atoms. The van der Waals surface area contributed by atoms with Gasteiger partial charge in [0, 0.05) is 11.8 Å². The first kappa shape index (κ1) is 16.3. The van der Waals surface area contributed by atoms with Crippen LogP contribution in [0.1, 0.15) is 16.7 Å². The lowest BCUT2D eigenvalue weighted by molar-refractivity contribution is 0.487. The first-order chi connectivity index (χ1) is 14.1. The Balaban J connectivity index is 1.78. The number of pyridine rings is 1. The van der Waals surface area contributed by atoms with Crippen molar-refractivity contribution in [3.63, 3.8) is 0 Å². The molecule has 2 heterocycles. The number of ether oxygens (including phenoxy) is 1. The Morgan fingerprint density at radius 3 is 2.55 bits per heavy atom. The van der Waals surface area contributed by atoms with Crippen molar-refractivity contribution in [3.8, 4) is 22.8 Å². The van der Waals surface area contributed by atoms with Crippen molar-refractivity contribution in [1.82, 2.24) is 4.98 Å². The molecule has 0 amide bonds. The van der Waals surface area contributed by atoms with Crippen LogP contribution in [0.3, 0.4) is 0 Å². The van der Waals surface area contributed by atoms with Crippen molar-refractivity contribution in [2.45, 2.75) is 13.8 Å². The topological polar surface area (TPSA) is 22.1 Å². The zero-order chi connectivity index (χ0) is 19.7. The largest absolute Gasteiger partial charge is 0.456 e. The van der Waals surface area contributed by atoms with E-state index in [9.17, 15) is 0 Å². The number of benzene rings is 4. The van der Waals surface area contributed by atoms with Crippen molar-refractivity contribution >= 4 is 38.4 Å². The summed E-state index contributed by atoms with van der Waals surface area (Å²) in [5.74, 6) is 1.71. The molecule has 0 atom stereocenters. The number of rotatable bonds is 1. The molecule has 1 aromatic heterocycles. The molecule has 1 aliphatic rings. The van der Waals surface area contributed by atoms with Gasteiger partial charge in [0.15, 0.2) is 0 Å². The quantitative estimate of drug-likeness (QED) is 0.277. The SMILES string of the molecule is C=Cc1cc2c(cc1C)-c1nccc3c1c(cc1c4cc(C)ccc4ccc31)O2. The second-order valence-corrected chi connectivity index (χ2v) is 7.85. The van der Waals surface area contributed by atoms with E-state index in [1.165, 1.54) is 38.1 Å². The Kier molecular flexibility index (Phi) is 3.20. The Morgan fingerprint density at radius 2 is 1.69 bits per heavy atom. The molecule has 2 nitrogen and oxygen atoms in total. The van der Waals surface area contributed by atoms with Crippen LogP contribution >= 0.6 is 0 Å². The third-order valence-corrected chi connectivity index (χ3v) is 6.04. The highest BCUT2D eigenvalue weighted by Crippen LogP contribution is 2.49. The van der Waals surface area contributed by atoms with Crippen molar-refractivity contribution in [2.75, 3.05) is 0 Å². The van der Waals surface area contributed by atoms with Gasteiger partial charge in [0.2, 0.25) is 0 Å². The van der Waals surface area contributed by atoms with E-state index in [1.807, 2.05) is 12.3 Å². The van der Waals surface area contributed by atoms with Gasteiger partial charge in [-0.2, -0.15) is 0 Å². The van der Waals surface area contributed by atoms with Crippen LogP contribution in [-0.2, 0) is 0 Å². The molecule has 0 saturated heterocycles. The fourth-order valence-corrected chi connectivity index (χ4v) is 4.58. The summed E-state index contributed by atoms with van der Waals surface area (Å²) < 4.78 is 6.45. The fourth-order valence-electron chi connectivity index (χ4n) is 4.58. The van der Waals surface area contributed by atoms with E-state index in [0.717, 1.165) is 33.7 Å². The summed E-state index contributed by atoms with van der Waals surface area (Å²) in [6, 6.07) is 19.5. The summed E-state index contributed by atoms with van der Waals surface area (Å²) in [6.45, 7) is 8.17. The van der Waals surface area contributed by atoms with Crippen molar-refractivity contribution < 1.29 is 4.74 Å². The number of aromatic nitrogens is 1. The minimum Gasteiger partial charge on any atom is -0.456 e. The van der Waals surface area contributed by atoms with E-state index in [-0.39, 0.29) is 0 Å². The first-order valence-electron chi connectivity index (χ1n) is 9.84. The Bertz CT molecular complexity index is 1510. The number of aryl methyl sites for hydroxylation is 2. The summed E-state index contributed by atoms with van der Waals surface area (Å²) in [4.78, 5) is 4.75. The molecule has 1 aliphatic heterocycles. The maximum atomic E-state index is 6.45. The van der Waals surface area contributed by atoms with Crippen LogP contribution in [0.5, 0.6) is 11.5 Å². The minimum atomic E-state index is 0.841. The molecule has 2 heteroatoms. The van der Waals surface area contributed by atoms with Gasteiger partial charge in [0.1, 0.15) is 11.5 Å². The highest BCUT2D eigenvalue weighted by atomic mass is 16.5. The number of nitrogens with zero attached hydrogens (tertiary/aromatic N) is 1. The third-order valence-electron chi connectivity index (χ3n) is 6.04. The molecular weight excluding hydrogens is 354 g/mol. The molecule has 0 bridgehead atoms.